The van der Waals surface area contributed by atoms with Crippen LogP contribution >= 0.6 is 11.9 Å². The van der Waals surface area contributed by atoms with E-state index >= 15 is 0 Å². The monoisotopic (exact) mass is 166 g/mol. The molecule has 0 bridgehead atoms. The van der Waals surface area contributed by atoms with Crippen LogP contribution in [0.3, 0.4) is 0 Å². The van der Waals surface area contributed by atoms with Gasteiger partial charge in [0.25, 0.3) is 0 Å². The van der Waals surface area contributed by atoms with Crippen LogP contribution in [0.4, 0.5) is 0 Å². The molecule has 58 valence electrons. The lowest BCUT2D eigenvalue weighted by Gasteiger charge is -2.27. The van der Waals surface area contributed by atoms with E-state index in [0.29, 0.717) is 0 Å². The molecule has 2 nitrogen and oxygen atoms in total. The summed E-state index contributed by atoms with van der Waals surface area (Å²) in [5.41, 5.74) is 1.26. The van der Waals surface area contributed by atoms with E-state index in [1.54, 1.807) is 11.9 Å². The van der Waals surface area contributed by atoms with Crippen molar-refractivity contribution >= 4 is 17.8 Å². The molecule has 0 aliphatic carbocycles. The minimum Gasteiger partial charge on any atom is -0.331 e. The van der Waals surface area contributed by atoms with Gasteiger partial charge in [-0.3, -0.25) is 0 Å². The Morgan fingerprint density at radius 1 is 1.64 bits per heavy atom. The van der Waals surface area contributed by atoms with Crippen LogP contribution in [-0.2, 0) is 0 Å². The van der Waals surface area contributed by atoms with Crippen molar-refractivity contribution in [1.82, 2.24) is 4.90 Å². The third-order valence-electron chi connectivity index (χ3n) is 1.81. The molecule has 0 spiro atoms. The fourth-order valence-corrected chi connectivity index (χ4v) is 1.95. The Labute approximate surface area is 70.8 Å². The van der Waals surface area contributed by atoms with E-state index in [1.807, 2.05) is 0 Å². The Bertz CT molecular complexity index is 253. The molecule has 0 fully saturated rings. The van der Waals surface area contributed by atoms with Crippen LogP contribution in [-0.4, -0.2) is 23.0 Å². The third-order valence-corrected chi connectivity index (χ3v) is 2.48. The first-order valence-electron chi connectivity index (χ1n) is 3.70. The van der Waals surface area contributed by atoms with Crippen LogP contribution in [0.1, 0.15) is 6.92 Å². The lowest BCUT2D eigenvalue weighted by atomic mass is 10.2. The van der Waals surface area contributed by atoms with Gasteiger partial charge in [0.15, 0.2) is 0 Å². The summed E-state index contributed by atoms with van der Waals surface area (Å²) in [7, 11) is 0. The molecule has 0 aromatic rings. The first kappa shape index (κ1) is 6.98. The van der Waals surface area contributed by atoms with E-state index in [0.717, 1.165) is 18.1 Å². The van der Waals surface area contributed by atoms with Crippen LogP contribution in [0.25, 0.3) is 0 Å². The smallest absolute Gasteiger partial charge is 0.143 e. The van der Waals surface area contributed by atoms with Crippen LogP contribution in [0.15, 0.2) is 28.3 Å². The Kier molecular flexibility index (Phi) is 1.74. The predicted octanol–water partition coefficient (Wildman–Crippen LogP) is 1.82. The average molecular weight is 166 g/mol. The molecule has 0 amide bonds. The molecular formula is C8H10N2S. The largest absolute Gasteiger partial charge is 0.331 e. The van der Waals surface area contributed by atoms with Crippen molar-refractivity contribution in [1.29, 1.82) is 0 Å². The summed E-state index contributed by atoms with van der Waals surface area (Å²) in [6.07, 6.45) is 6.26. The predicted molar refractivity (Wildman–Crippen MR) is 49.5 cm³/mol. The van der Waals surface area contributed by atoms with Gasteiger partial charge >= 0.3 is 0 Å². The number of fused-ring (bicyclic) bond motifs is 1. The van der Waals surface area contributed by atoms with Gasteiger partial charge in [-0.1, -0.05) is 6.08 Å². The Morgan fingerprint density at radius 2 is 2.55 bits per heavy atom. The lowest BCUT2D eigenvalue weighted by Crippen LogP contribution is -2.32. The Hall–Kier alpha value is -0.700. The molecular weight excluding hydrogens is 156 g/mol. The molecule has 2 aliphatic heterocycles. The Morgan fingerprint density at radius 3 is 3.36 bits per heavy atom. The number of nitrogens with zero attached hydrogens (tertiary/aromatic N) is 2. The van der Waals surface area contributed by atoms with Crippen molar-refractivity contribution in [3.63, 3.8) is 0 Å². The summed E-state index contributed by atoms with van der Waals surface area (Å²) in [6, 6.07) is 0. The Balaban J connectivity index is 2.34. The maximum atomic E-state index is 4.37. The zero-order valence-electron chi connectivity index (χ0n) is 6.45. The highest BCUT2D eigenvalue weighted by atomic mass is 32.2. The zero-order valence-corrected chi connectivity index (χ0v) is 7.27. The number of allylic oxidation sites excluding steroid dienone is 2. The third kappa shape index (κ3) is 1.20. The van der Waals surface area contributed by atoms with Gasteiger partial charge in [-0.25, -0.2) is 0 Å². The van der Waals surface area contributed by atoms with Gasteiger partial charge < -0.3 is 4.90 Å². The normalized spacial score (nSPS) is 22.5. The summed E-state index contributed by atoms with van der Waals surface area (Å²) in [5.74, 6) is 2.23. The topological polar surface area (TPSA) is 15.6 Å². The molecule has 0 radical (unpaired) electrons. The van der Waals surface area contributed by atoms with E-state index in [-0.39, 0.29) is 0 Å². The minimum atomic E-state index is 1.09. The first-order valence-corrected chi connectivity index (χ1v) is 4.64. The summed E-state index contributed by atoms with van der Waals surface area (Å²) in [5, 5.41) is 0. The van der Waals surface area contributed by atoms with Crippen molar-refractivity contribution < 1.29 is 0 Å². The summed E-state index contributed by atoms with van der Waals surface area (Å²) in [6.45, 7) is 3.19. The molecule has 2 aliphatic rings. The van der Waals surface area contributed by atoms with Gasteiger partial charge in [-0.15, -0.1) is 0 Å². The molecule has 0 aromatic heterocycles. The minimum absolute atomic E-state index is 1.09. The molecule has 2 heterocycles. The summed E-state index contributed by atoms with van der Waals surface area (Å²) in [4.78, 5) is 2.20. The molecule has 0 saturated heterocycles. The first-order chi connectivity index (χ1) is 5.38. The van der Waals surface area contributed by atoms with Crippen molar-refractivity contribution in [3.8, 4) is 0 Å². The van der Waals surface area contributed by atoms with Gasteiger partial charge in [0, 0.05) is 18.5 Å². The molecule has 0 unspecified atom stereocenters. The number of amidine groups is 1. The van der Waals surface area contributed by atoms with Gasteiger partial charge in [-0.05, 0) is 30.5 Å². The van der Waals surface area contributed by atoms with E-state index in [1.165, 1.54) is 5.57 Å². The van der Waals surface area contributed by atoms with Crippen LogP contribution in [0.5, 0.6) is 0 Å². The standard InChI is InChI=1S/C8H10N2S/c1-7-3-2-4-10-5-6-11-9-8(7)10/h2-4H,5-6H2,1H3. The molecule has 0 saturated carbocycles. The highest BCUT2D eigenvalue weighted by Gasteiger charge is 2.16. The molecule has 0 atom stereocenters. The second-order valence-corrected chi connectivity index (χ2v) is 3.48. The van der Waals surface area contributed by atoms with Crippen molar-refractivity contribution in [3.05, 3.63) is 23.9 Å². The lowest BCUT2D eigenvalue weighted by molar-refractivity contribution is 0.587. The second kappa shape index (κ2) is 2.74. The fourth-order valence-electron chi connectivity index (χ4n) is 1.21. The number of hydrogen-bond acceptors (Lipinski definition) is 3. The summed E-state index contributed by atoms with van der Waals surface area (Å²) < 4.78 is 4.37. The van der Waals surface area contributed by atoms with Gasteiger partial charge in [0.1, 0.15) is 5.84 Å². The molecule has 0 N–H and O–H groups in total. The molecule has 11 heavy (non-hydrogen) atoms. The molecule has 0 aromatic carbocycles. The highest BCUT2D eigenvalue weighted by Crippen LogP contribution is 2.19. The van der Waals surface area contributed by atoms with E-state index in [9.17, 15) is 0 Å². The highest BCUT2D eigenvalue weighted by molar-refractivity contribution is 7.98. The van der Waals surface area contributed by atoms with E-state index < -0.39 is 0 Å². The van der Waals surface area contributed by atoms with Crippen molar-refractivity contribution in [2.45, 2.75) is 6.92 Å². The van der Waals surface area contributed by atoms with Crippen molar-refractivity contribution in [2.24, 2.45) is 4.40 Å². The fraction of sp³-hybridized carbons (Fsp3) is 0.375. The van der Waals surface area contributed by atoms with Gasteiger partial charge in [0.2, 0.25) is 0 Å². The van der Waals surface area contributed by atoms with Gasteiger partial charge in [-0.2, -0.15) is 4.40 Å². The number of hydrogen-bond donors (Lipinski definition) is 0. The molecule has 3 heteroatoms. The zero-order chi connectivity index (χ0) is 7.68. The average Bonchev–Trinajstić information content (AvgIpc) is 2.06. The quantitative estimate of drug-likeness (QED) is 0.510. The maximum absolute atomic E-state index is 4.37. The van der Waals surface area contributed by atoms with Crippen LogP contribution in [0.2, 0.25) is 0 Å². The maximum Gasteiger partial charge on any atom is 0.143 e. The van der Waals surface area contributed by atoms with Crippen molar-refractivity contribution in [2.75, 3.05) is 12.3 Å². The summed E-state index contributed by atoms with van der Waals surface area (Å²) >= 11 is 1.66. The second-order valence-electron chi connectivity index (χ2n) is 2.63. The SMILES string of the molecule is CC1=CC=CN2CCSN=C12. The van der Waals surface area contributed by atoms with Crippen LogP contribution < -0.4 is 0 Å². The van der Waals surface area contributed by atoms with E-state index in [4.69, 9.17) is 0 Å². The number of rotatable bonds is 0. The molecule has 2 rings (SSSR count). The van der Waals surface area contributed by atoms with Gasteiger partial charge in [0.05, 0.1) is 0 Å². The van der Waals surface area contributed by atoms with Crippen LogP contribution in [0, 0.1) is 0 Å². The van der Waals surface area contributed by atoms with E-state index in [2.05, 4.69) is 34.6 Å².